The summed E-state index contributed by atoms with van der Waals surface area (Å²) in [4.78, 5) is 0. The highest BCUT2D eigenvalue weighted by molar-refractivity contribution is 7.89. The second-order valence-corrected chi connectivity index (χ2v) is 11.0. The Bertz CT molecular complexity index is 1010. The van der Waals surface area contributed by atoms with Gasteiger partial charge in [0, 0.05) is 5.41 Å². The van der Waals surface area contributed by atoms with Crippen molar-refractivity contribution in [1.82, 2.24) is 0 Å². The monoisotopic (exact) mass is 539 g/mol. The fourth-order valence-corrected chi connectivity index (χ4v) is 4.28. The van der Waals surface area contributed by atoms with Crippen LogP contribution in [0.25, 0.3) is 0 Å². The van der Waals surface area contributed by atoms with E-state index in [1.807, 2.05) is 26.0 Å². The van der Waals surface area contributed by atoms with Crippen molar-refractivity contribution in [3.8, 4) is 11.5 Å². The van der Waals surface area contributed by atoms with Gasteiger partial charge in [0.1, 0.15) is 25.1 Å². The fraction of sp³-hybridized carbons (Fsp3) is 0.455. The van der Waals surface area contributed by atoms with Crippen molar-refractivity contribution in [3.05, 3.63) is 57.6 Å². The van der Waals surface area contributed by atoms with Crippen LogP contribution in [0.2, 0.25) is 10.0 Å². The van der Waals surface area contributed by atoms with Crippen LogP contribution in [0.1, 0.15) is 31.4 Å². The molecule has 0 aliphatic rings. The van der Waals surface area contributed by atoms with Crippen LogP contribution in [0.4, 0.5) is 0 Å². The van der Waals surface area contributed by atoms with E-state index in [1.54, 1.807) is 24.3 Å². The number of sulfonamides is 1. The molecule has 0 spiro atoms. The summed E-state index contributed by atoms with van der Waals surface area (Å²) >= 11 is 18.4. The number of alkyl halides is 1. The molecule has 0 radical (unpaired) electrons. The summed E-state index contributed by atoms with van der Waals surface area (Å²) in [6, 6.07) is 10.8. The standard InChI is InChI=1S/C22H28Cl3NO6S/c1-22(2,15-9-19(24)21(20(25)10-15)32-13-17(28)11-23)14-3-5-18(6-4-14)31-12-16(27)7-8-33(26,29)30/h3-6,9-10,16-17,27-28H,7-8,11-13H2,1-2H3,(H2,26,29,30)/t16-,17-/m1/s1. The molecule has 0 aromatic heterocycles. The lowest BCUT2D eigenvalue weighted by atomic mass is 9.78. The van der Waals surface area contributed by atoms with E-state index >= 15 is 0 Å². The number of rotatable bonds is 12. The maximum atomic E-state index is 11.0. The summed E-state index contributed by atoms with van der Waals surface area (Å²) in [5.41, 5.74) is 1.35. The van der Waals surface area contributed by atoms with Crippen molar-refractivity contribution in [2.75, 3.05) is 24.8 Å². The van der Waals surface area contributed by atoms with Gasteiger partial charge in [-0.3, -0.25) is 0 Å². The molecule has 0 saturated heterocycles. The molecule has 0 unspecified atom stereocenters. The van der Waals surface area contributed by atoms with Crippen LogP contribution in [-0.4, -0.2) is 55.7 Å². The van der Waals surface area contributed by atoms with Gasteiger partial charge in [-0.2, -0.15) is 0 Å². The number of halogens is 3. The Morgan fingerprint density at radius 2 is 1.52 bits per heavy atom. The molecule has 0 aliphatic heterocycles. The minimum atomic E-state index is -3.63. The van der Waals surface area contributed by atoms with Gasteiger partial charge in [-0.05, 0) is 41.8 Å². The maximum absolute atomic E-state index is 11.0. The molecule has 7 nitrogen and oxygen atoms in total. The minimum absolute atomic E-state index is 0.00395. The van der Waals surface area contributed by atoms with Crippen LogP contribution >= 0.6 is 34.8 Å². The summed E-state index contributed by atoms with van der Waals surface area (Å²) in [6.07, 6.45) is -1.78. The first-order valence-corrected chi connectivity index (χ1v) is 13.1. The summed E-state index contributed by atoms with van der Waals surface area (Å²) in [7, 11) is -3.63. The molecular formula is C22H28Cl3NO6S. The fourth-order valence-electron chi connectivity index (χ4n) is 2.99. The van der Waals surface area contributed by atoms with Gasteiger partial charge in [0.05, 0.1) is 27.8 Å². The highest BCUT2D eigenvalue weighted by atomic mass is 35.5. The first-order chi connectivity index (χ1) is 15.3. The predicted molar refractivity (Wildman–Crippen MR) is 131 cm³/mol. The van der Waals surface area contributed by atoms with E-state index in [0.29, 0.717) is 15.8 Å². The van der Waals surface area contributed by atoms with E-state index in [0.717, 1.165) is 11.1 Å². The van der Waals surface area contributed by atoms with Gasteiger partial charge in [0.15, 0.2) is 5.75 Å². The van der Waals surface area contributed by atoms with E-state index < -0.39 is 27.6 Å². The van der Waals surface area contributed by atoms with Gasteiger partial charge in [-0.25, -0.2) is 13.6 Å². The summed E-state index contributed by atoms with van der Waals surface area (Å²) in [5.74, 6) is 0.537. The van der Waals surface area contributed by atoms with Crippen molar-refractivity contribution < 1.29 is 28.1 Å². The quantitative estimate of drug-likeness (QED) is 0.353. The highest BCUT2D eigenvalue weighted by Gasteiger charge is 2.26. The van der Waals surface area contributed by atoms with Crippen molar-refractivity contribution >= 4 is 44.8 Å². The van der Waals surface area contributed by atoms with E-state index in [1.165, 1.54) is 0 Å². The Hall–Kier alpha value is -1.26. The van der Waals surface area contributed by atoms with Crippen LogP contribution in [-0.2, 0) is 15.4 Å². The Labute approximate surface area is 209 Å². The molecule has 184 valence electrons. The lowest BCUT2D eigenvalue weighted by Crippen LogP contribution is -2.24. The topological polar surface area (TPSA) is 119 Å². The number of hydrogen-bond donors (Lipinski definition) is 3. The average molecular weight is 541 g/mol. The molecule has 0 aliphatic carbocycles. The number of ether oxygens (including phenoxy) is 2. The van der Waals surface area contributed by atoms with Crippen LogP contribution in [0, 0.1) is 0 Å². The number of primary sulfonamides is 1. The SMILES string of the molecule is CC(C)(c1ccc(OC[C@H](O)CCS(N)(=O)=O)cc1)c1cc(Cl)c(OC[C@H](O)CCl)c(Cl)c1. The van der Waals surface area contributed by atoms with Crippen molar-refractivity contribution in [3.63, 3.8) is 0 Å². The van der Waals surface area contributed by atoms with E-state index in [4.69, 9.17) is 49.4 Å². The smallest absolute Gasteiger partial charge is 0.209 e. The molecule has 0 saturated carbocycles. The van der Waals surface area contributed by atoms with Gasteiger partial charge in [-0.1, -0.05) is 49.2 Å². The lowest BCUT2D eigenvalue weighted by Gasteiger charge is -2.27. The zero-order chi connectivity index (χ0) is 24.8. The van der Waals surface area contributed by atoms with Gasteiger partial charge >= 0.3 is 0 Å². The third-order valence-corrected chi connectivity index (χ3v) is 6.79. The lowest BCUT2D eigenvalue weighted by molar-refractivity contribution is 0.105. The molecule has 0 heterocycles. The zero-order valence-corrected chi connectivity index (χ0v) is 21.4. The minimum Gasteiger partial charge on any atom is -0.491 e. The van der Waals surface area contributed by atoms with E-state index in [-0.39, 0.29) is 37.0 Å². The maximum Gasteiger partial charge on any atom is 0.209 e. The van der Waals surface area contributed by atoms with Crippen LogP contribution in [0.5, 0.6) is 11.5 Å². The number of nitrogens with two attached hydrogens (primary N) is 1. The van der Waals surface area contributed by atoms with Gasteiger partial charge in [-0.15, -0.1) is 11.6 Å². The summed E-state index contributed by atoms with van der Waals surface area (Å²) in [6.45, 7) is 3.95. The predicted octanol–water partition coefficient (Wildman–Crippen LogP) is 3.72. The molecule has 0 fully saturated rings. The molecular weight excluding hydrogens is 513 g/mol. The molecule has 2 aromatic rings. The van der Waals surface area contributed by atoms with Crippen LogP contribution in [0.3, 0.4) is 0 Å². The molecule has 2 aromatic carbocycles. The van der Waals surface area contributed by atoms with Crippen molar-refractivity contribution in [2.24, 2.45) is 5.14 Å². The number of aliphatic hydroxyl groups is 2. The summed E-state index contributed by atoms with van der Waals surface area (Å²) in [5, 5.41) is 25.0. The molecule has 2 rings (SSSR count). The van der Waals surface area contributed by atoms with Gasteiger partial charge in [0.25, 0.3) is 0 Å². The highest BCUT2D eigenvalue weighted by Crippen LogP contribution is 2.40. The number of benzene rings is 2. The Balaban J connectivity index is 2.09. The normalized spacial score (nSPS) is 14.1. The molecule has 0 amide bonds. The molecule has 0 bridgehead atoms. The Morgan fingerprint density at radius 3 is 2.03 bits per heavy atom. The number of aliphatic hydroxyl groups excluding tert-OH is 2. The molecule has 11 heteroatoms. The van der Waals surface area contributed by atoms with Crippen molar-refractivity contribution in [2.45, 2.75) is 37.9 Å². The van der Waals surface area contributed by atoms with Gasteiger partial charge < -0.3 is 19.7 Å². The molecule has 4 N–H and O–H groups in total. The van der Waals surface area contributed by atoms with E-state index in [9.17, 15) is 18.6 Å². The van der Waals surface area contributed by atoms with Crippen molar-refractivity contribution in [1.29, 1.82) is 0 Å². The number of hydrogen-bond acceptors (Lipinski definition) is 6. The Kier molecular flexibility index (Phi) is 10.1. The summed E-state index contributed by atoms with van der Waals surface area (Å²) < 4.78 is 33.0. The zero-order valence-electron chi connectivity index (χ0n) is 18.3. The average Bonchev–Trinajstić information content (AvgIpc) is 2.75. The molecule has 2 atom stereocenters. The first-order valence-electron chi connectivity index (χ1n) is 10.1. The second-order valence-electron chi connectivity index (χ2n) is 8.16. The Morgan fingerprint density at radius 1 is 0.970 bits per heavy atom. The third kappa shape index (κ3) is 8.47. The third-order valence-electron chi connectivity index (χ3n) is 5.07. The second kappa shape index (κ2) is 11.9. The largest absolute Gasteiger partial charge is 0.491 e. The van der Waals surface area contributed by atoms with Gasteiger partial charge in [0.2, 0.25) is 10.0 Å². The van der Waals surface area contributed by atoms with E-state index in [2.05, 4.69) is 0 Å². The van der Waals surface area contributed by atoms with Crippen LogP contribution < -0.4 is 14.6 Å². The first kappa shape index (κ1) is 28.0. The van der Waals surface area contributed by atoms with Crippen LogP contribution in [0.15, 0.2) is 36.4 Å². The molecule has 33 heavy (non-hydrogen) atoms.